The predicted molar refractivity (Wildman–Crippen MR) is 80.6 cm³/mol. The Hall–Kier alpha value is -1.11. The number of piperazine rings is 1. The highest BCUT2D eigenvalue weighted by atomic mass is 35.5. The van der Waals surface area contributed by atoms with Crippen LogP contribution in [0.4, 0.5) is 17.6 Å². The molecule has 0 bridgehead atoms. The number of rotatable bonds is 4. The van der Waals surface area contributed by atoms with Crippen LogP contribution in [0.25, 0.3) is 0 Å². The molecule has 1 aliphatic heterocycles. The Morgan fingerprint density at radius 2 is 1.91 bits per heavy atom. The molecule has 2 rings (SSSR count). The maximum Gasteiger partial charge on any atom is 0.419 e. The van der Waals surface area contributed by atoms with Crippen LogP contribution in [-0.2, 0) is 6.18 Å². The molecule has 1 aromatic carbocycles. The van der Waals surface area contributed by atoms with E-state index in [4.69, 9.17) is 0 Å². The summed E-state index contributed by atoms with van der Waals surface area (Å²) in [6.45, 7) is 6.31. The lowest BCUT2D eigenvalue weighted by molar-refractivity contribution is -0.141. The molecule has 0 radical (unpaired) electrons. The Kier molecular flexibility index (Phi) is 6.84. The van der Waals surface area contributed by atoms with Gasteiger partial charge < -0.3 is 5.32 Å². The predicted octanol–water partition coefficient (Wildman–Crippen LogP) is 3.79. The standard InChI is InChI=1S/C15H18F4N2.ClH/c1-2-4-13(21-9-7-20-8-10-21)11-5-3-6-12(16)14(11)15(17,18)19;/h2-3,5-6,13,20H,1,4,7-10H2;1H/t13-;/m0./s1. The first-order valence-electron chi connectivity index (χ1n) is 6.86. The Balaban J connectivity index is 0.00000242. The molecule has 1 aromatic rings. The third kappa shape index (κ3) is 4.21. The second-order valence-corrected chi connectivity index (χ2v) is 5.03. The first-order valence-corrected chi connectivity index (χ1v) is 6.86. The molecule has 1 fully saturated rings. The van der Waals surface area contributed by atoms with Gasteiger partial charge in [0, 0.05) is 32.2 Å². The average molecular weight is 339 g/mol. The average Bonchev–Trinajstić information content (AvgIpc) is 2.44. The number of benzene rings is 1. The molecule has 1 aliphatic rings. The van der Waals surface area contributed by atoms with Gasteiger partial charge in [0.05, 0.1) is 5.56 Å². The topological polar surface area (TPSA) is 15.3 Å². The van der Waals surface area contributed by atoms with E-state index in [1.807, 2.05) is 4.90 Å². The minimum absolute atomic E-state index is 0. The van der Waals surface area contributed by atoms with Crippen molar-refractivity contribution in [3.8, 4) is 0 Å². The smallest absolute Gasteiger partial charge is 0.314 e. The molecular formula is C15H19ClF4N2. The molecule has 22 heavy (non-hydrogen) atoms. The Morgan fingerprint density at radius 3 is 2.45 bits per heavy atom. The van der Waals surface area contributed by atoms with Crippen LogP contribution in [0.3, 0.4) is 0 Å². The SMILES string of the molecule is C=CC[C@@H](c1cccc(F)c1C(F)(F)F)N1CCNCC1.Cl. The van der Waals surface area contributed by atoms with Crippen LogP contribution in [0.1, 0.15) is 23.6 Å². The monoisotopic (exact) mass is 338 g/mol. The lowest BCUT2D eigenvalue weighted by Crippen LogP contribution is -2.45. The van der Waals surface area contributed by atoms with E-state index in [9.17, 15) is 17.6 Å². The van der Waals surface area contributed by atoms with Crippen molar-refractivity contribution < 1.29 is 17.6 Å². The minimum Gasteiger partial charge on any atom is -0.314 e. The van der Waals surface area contributed by atoms with Gasteiger partial charge in [-0.1, -0.05) is 18.2 Å². The molecule has 0 amide bonds. The molecule has 1 saturated heterocycles. The molecule has 2 nitrogen and oxygen atoms in total. The third-order valence-corrected chi connectivity index (χ3v) is 3.67. The summed E-state index contributed by atoms with van der Waals surface area (Å²) in [5.74, 6) is -1.22. The molecular weight excluding hydrogens is 320 g/mol. The quantitative estimate of drug-likeness (QED) is 0.664. The molecule has 0 unspecified atom stereocenters. The normalized spacial score (nSPS) is 17.6. The van der Waals surface area contributed by atoms with Gasteiger partial charge in [-0.25, -0.2) is 4.39 Å². The zero-order valence-corrected chi connectivity index (χ0v) is 12.8. The van der Waals surface area contributed by atoms with Gasteiger partial charge in [-0.05, 0) is 18.1 Å². The van der Waals surface area contributed by atoms with Crippen LogP contribution in [0.15, 0.2) is 30.9 Å². The zero-order chi connectivity index (χ0) is 15.5. The van der Waals surface area contributed by atoms with Crippen LogP contribution in [0.5, 0.6) is 0 Å². The Morgan fingerprint density at radius 1 is 1.27 bits per heavy atom. The molecule has 1 atom stereocenters. The molecule has 124 valence electrons. The van der Waals surface area contributed by atoms with E-state index in [0.29, 0.717) is 32.6 Å². The lowest BCUT2D eigenvalue weighted by atomic mass is 9.95. The molecule has 1 heterocycles. The van der Waals surface area contributed by atoms with Crippen molar-refractivity contribution in [1.82, 2.24) is 10.2 Å². The van der Waals surface area contributed by atoms with E-state index in [2.05, 4.69) is 11.9 Å². The van der Waals surface area contributed by atoms with E-state index >= 15 is 0 Å². The van der Waals surface area contributed by atoms with E-state index in [1.54, 1.807) is 6.08 Å². The summed E-state index contributed by atoms with van der Waals surface area (Å²) in [5, 5.41) is 3.16. The number of alkyl halides is 3. The van der Waals surface area contributed by atoms with Crippen molar-refractivity contribution in [2.45, 2.75) is 18.6 Å². The summed E-state index contributed by atoms with van der Waals surface area (Å²) < 4.78 is 53.3. The van der Waals surface area contributed by atoms with Crippen molar-refractivity contribution in [3.63, 3.8) is 0 Å². The maximum absolute atomic E-state index is 13.7. The summed E-state index contributed by atoms with van der Waals surface area (Å²) in [5.41, 5.74) is -1.17. The van der Waals surface area contributed by atoms with Gasteiger partial charge in [-0.3, -0.25) is 4.90 Å². The van der Waals surface area contributed by atoms with Crippen molar-refractivity contribution in [3.05, 3.63) is 47.8 Å². The number of halogens is 5. The number of nitrogens with one attached hydrogen (secondary N) is 1. The first kappa shape index (κ1) is 18.9. The fraction of sp³-hybridized carbons (Fsp3) is 0.467. The summed E-state index contributed by atoms with van der Waals surface area (Å²) in [6.07, 6.45) is -2.77. The van der Waals surface area contributed by atoms with Crippen LogP contribution in [-0.4, -0.2) is 31.1 Å². The highest BCUT2D eigenvalue weighted by Gasteiger charge is 2.39. The van der Waals surface area contributed by atoms with Gasteiger partial charge in [-0.2, -0.15) is 13.2 Å². The van der Waals surface area contributed by atoms with Crippen LogP contribution in [0.2, 0.25) is 0 Å². The Bertz CT molecular complexity index is 499. The molecule has 0 spiro atoms. The number of nitrogens with zero attached hydrogens (tertiary/aromatic N) is 1. The van der Waals surface area contributed by atoms with Gasteiger partial charge in [0.15, 0.2) is 0 Å². The van der Waals surface area contributed by atoms with Crippen molar-refractivity contribution >= 4 is 12.4 Å². The van der Waals surface area contributed by atoms with Gasteiger partial charge in [-0.15, -0.1) is 19.0 Å². The maximum atomic E-state index is 13.7. The number of hydrogen-bond donors (Lipinski definition) is 1. The van der Waals surface area contributed by atoms with E-state index in [1.165, 1.54) is 12.1 Å². The molecule has 7 heteroatoms. The second kappa shape index (κ2) is 7.94. The van der Waals surface area contributed by atoms with Gasteiger partial charge in [0.25, 0.3) is 0 Å². The number of hydrogen-bond acceptors (Lipinski definition) is 2. The van der Waals surface area contributed by atoms with Gasteiger partial charge in [0.2, 0.25) is 0 Å². The largest absolute Gasteiger partial charge is 0.419 e. The van der Waals surface area contributed by atoms with E-state index in [-0.39, 0.29) is 18.0 Å². The van der Waals surface area contributed by atoms with E-state index in [0.717, 1.165) is 6.07 Å². The molecule has 0 saturated carbocycles. The molecule has 0 aromatic heterocycles. The highest BCUT2D eigenvalue weighted by molar-refractivity contribution is 5.85. The third-order valence-electron chi connectivity index (χ3n) is 3.67. The molecule has 0 aliphatic carbocycles. The fourth-order valence-corrected chi connectivity index (χ4v) is 2.74. The van der Waals surface area contributed by atoms with Gasteiger partial charge >= 0.3 is 6.18 Å². The summed E-state index contributed by atoms with van der Waals surface area (Å²) in [6, 6.07) is 3.05. The van der Waals surface area contributed by atoms with E-state index < -0.39 is 23.6 Å². The lowest BCUT2D eigenvalue weighted by Gasteiger charge is -2.36. The van der Waals surface area contributed by atoms with Crippen LogP contribution in [0, 0.1) is 5.82 Å². The van der Waals surface area contributed by atoms with Crippen molar-refractivity contribution in [1.29, 1.82) is 0 Å². The van der Waals surface area contributed by atoms with Crippen molar-refractivity contribution in [2.24, 2.45) is 0 Å². The van der Waals surface area contributed by atoms with Crippen LogP contribution >= 0.6 is 12.4 Å². The molecule has 1 N–H and O–H groups in total. The highest BCUT2D eigenvalue weighted by Crippen LogP contribution is 2.39. The first-order chi connectivity index (χ1) is 9.95. The zero-order valence-electron chi connectivity index (χ0n) is 12.0. The fourth-order valence-electron chi connectivity index (χ4n) is 2.74. The summed E-state index contributed by atoms with van der Waals surface area (Å²) in [7, 11) is 0. The van der Waals surface area contributed by atoms with Crippen LogP contribution < -0.4 is 5.32 Å². The summed E-state index contributed by atoms with van der Waals surface area (Å²) in [4.78, 5) is 1.95. The second-order valence-electron chi connectivity index (χ2n) is 5.03. The summed E-state index contributed by atoms with van der Waals surface area (Å²) >= 11 is 0. The Labute approximate surface area is 133 Å². The minimum atomic E-state index is -4.70. The van der Waals surface area contributed by atoms with Crippen molar-refractivity contribution in [2.75, 3.05) is 26.2 Å². The van der Waals surface area contributed by atoms with Gasteiger partial charge in [0.1, 0.15) is 5.82 Å².